The predicted molar refractivity (Wildman–Crippen MR) is 95.8 cm³/mol. The first kappa shape index (κ1) is 19.0. The zero-order valence-corrected chi connectivity index (χ0v) is 15.8. The van der Waals surface area contributed by atoms with Crippen molar-refractivity contribution in [2.75, 3.05) is 13.1 Å². The third-order valence-corrected chi connectivity index (χ3v) is 6.14. The first-order valence-electron chi connectivity index (χ1n) is 9.50. The fraction of sp³-hybridized carbons (Fsp3) is 1.00. The zero-order valence-electron chi connectivity index (χ0n) is 15.8. The van der Waals surface area contributed by atoms with Crippen LogP contribution in [-0.4, -0.2) is 24.0 Å². The number of nitrogens with zero attached hydrogens (tertiary/aromatic N) is 1. The Bertz CT molecular complexity index is 276. The lowest BCUT2D eigenvalue weighted by atomic mass is 9.63. The minimum Gasteiger partial charge on any atom is -0.301 e. The summed E-state index contributed by atoms with van der Waals surface area (Å²) in [7, 11) is 0. The van der Waals surface area contributed by atoms with Crippen LogP contribution in [0.15, 0.2) is 0 Å². The molecule has 1 aliphatic heterocycles. The smallest absolute Gasteiger partial charge is 0.00385 e. The summed E-state index contributed by atoms with van der Waals surface area (Å²) in [6, 6.07) is 0.718. The third kappa shape index (κ3) is 6.30. The van der Waals surface area contributed by atoms with Crippen molar-refractivity contribution in [2.45, 2.75) is 105 Å². The number of rotatable bonds is 1. The number of hydrogen-bond donors (Lipinski definition) is 0. The van der Waals surface area contributed by atoms with Crippen molar-refractivity contribution in [2.24, 2.45) is 10.8 Å². The molecule has 0 spiro atoms. The first-order chi connectivity index (χ1) is 9.76. The molecule has 1 fully saturated rings. The van der Waals surface area contributed by atoms with Gasteiger partial charge in [0.2, 0.25) is 0 Å². The standard InChI is InChI=1S/C20H41N/c1-18(2)21-16-12-8-7-10-14-20(6,19(3,4)5)15-11-9-13-17-21/h18H,7-17H2,1-6H3. The highest BCUT2D eigenvalue weighted by molar-refractivity contribution is 4.86. The molecule has 0 aliphatic carbocycles. The largest absolute Gasteiger partial charge is 0.301 e. The van der Waals surface area contributed by atoms with Gasteiger partial charge in [-0.25, -0.2) is 0 Å². The van der Waals surface area contributed by atoms with Crippen LogP contribution in [0.25, 0.3) is 0 Å². The van der Waals surface area contributed by atoms with Gasteiger partial charge in [0.15, 0.2) is 0 Å². The Balaban J connectivity index is 2.59. The van der Waals surface area contributed by atoms with Crippen LogP contribution < -0.4 is 0 Å². The van der Waals surface area contributed by atoms with Crippen LogP contribution in [0.2, 0.25) is 0 Å². The quantitative estimate of drug-likeness (QED) is 0.550. The lowest BCUT2D eigenvalue weighted by Gasteiger charge is -2.43. The topological polar surface area (TPSA) is 3.24 Å². The molecular weight excluding hydrogens is 254 g/mol. The van der Waals surface area contributed by atoms with Crippen LogP contribution in [0, 0.1) is 10.8 Å². The Kier molecular flexibility index (Phi) is 7.74. The fourth-order valence-electron chi connectivity index (χ4n) is 3.69. The van der Waals surface area contributed by atoms with E-state index in [1.807, 2.05) is 0 Å². The molecule has 1 atom stereocenters. The summed E-state index contributed by atoms with van der Waals surface area (Å²) >= 11 is 0. The van der Waals surface area contributed by atoms with Crippen molar-refractivity contribution >= 4 is 0 Å². The van der Waals surface area contributed by atoms with E-state index in [0.29, 0.717) is 10.8 Å². The maximum atomic E-state index is 2.70. The second-order valence-corrected chi connectivity index (χ2v) is 8.92. The van der Waals surface area contributed by atoms with Crippen molar-refractivity contribution < 1.29 is 0 Å². The lowest BCUT2D eigenvalue weighted by molar-refractivity contribution is 0.0778. The van der Waals surface area contributed by atoms with Gasteiger partial charge in [0, 0.05) is 6.04 Å². The minimum absolute atomic E-state index is 0.442. The summed E-state index contributed by atoms with van der Waals surface area (Å²) in [5, 5.41) is 0. The molecule has 1 unspecified atom stereocenters. The Morgan fingerprint density at radius 3 is 1.62 bits per heavy atom. The highest BCUT2D eigenvalue weighted by Gasteiger charge is 2.36. The summed E-state index contributed by atoms with van der Waals surface area (Å²) in [6.45, 7) is 17.2. The molecule has 0 amide bonds. The van der Waals surface area contributed by atoms with Gasteiger partial charge < -0.3 is 4.90 Å². The highest BCUT2D eigenvalue weighted by atomic mass is 15.1. The molecule has 1 aliphatic rings. The molecule has 0 aromatic rings. The maximum absolute atomic E-state index is 2.70. The van der Waals surface area contributed by atoms with E-state index in [9.17, 15) is 0 Å². The van der Waals surface area contributed by atoms with E-state index < -0.39 is 0 Å². The monoisotopic (exact) mass is 295 g/mol. The van der Waals surface area contributed by atoms with E-state index in [1.165, 1.54) is 70.9 Å². The first-order valence-corrected chi connectivity index (χ1v) is 9.50. The summed E-state index contributed by atoms with van der Waals surface area (Å²) in [6.07, 6.45) is 12.7. The summed E-state index contributed by atoms with van der Waals surface area (Å²) in [5.74, 6) is 0. The average molecular weight is 296 g/mol. The van der Waals surface area contributed by atoms with E-state index >= 15 is 0 Å². The average Bonchev–Trinajstić information content (AvgIpc) is 2.39. The van der Waals surface area contributed by atoms with Crippen molar-refractivity contribution in [1.82, 2.24) is 4.90 Å². The van der Waals surface area contributed by atoms with E-state index in [2.05, 4.69) is 46.4 Å². The van der Waals surface area contributed by atoms with E-state index in [-0.39, 0.29) is 0 Å². The van der Waals surface area contributed by atoms with Gasteiger partial charge in [0.05, 0.1) is 0 Å². The van der Waals surface area contributed by atoms with Gasteiger partial charge in [-0.05, 0) is 63.5 Å². The molecule has 21 heavy (non-hydrogen) atoms. The summed E-state index contributed by atoms with van der Waals surface area (Å²) in [5.41, 5.74) is 0.968. The normalized spacial score (nSPS) is 28.7. The molecule has 0 saturated carbocycles. The SMILES string of the molecule is CC(C)N1CCCCCCC(C)(C(C)(C)C)CCCCC1. The second-order valence-electron chi connectivity index (χ2n) is 8.92. The van der Waals surface area contributed by atoms with Crippen LogP contribution in [0.1, 0.15) is 99.3 Å². The van der Waals surface area contributed by atoms with Crippen molar-refractivity contribution in [3.05, 3.63) is 0 Å². The van der Waals surface area contributed by atoms with Crippen LogP contribution in [0.4, 0.5) is 0 Å². The van der Waals surface area contributed by atoms with Gasteiger partial charge in [-0.3, -0.25) is 0 Å². The van der Waals surface area contributed by atoms with Crippen molar-refractivity contribution in [3.63, 3.8) is 0 Å². The molecule has 1 saturated heterocycles. The van der Waals surface area contributed by atoms with E-state index in [4.69, 9.17) is 0 Å². The maximum Gasteiger partial charge on any atom is 0.00385 e. The van der Waals surface area contributed by atoms with Gasteiger partial charge in [0.25, 0.3) is 0 Å². The Morgan fingerprint density at radius 1 is 0.762 bits per heavy atom. The molecule has 1 heterocycles. The molecular formula is C20H41N. The van der Waals surface area contributed by atoms with Crippen molar-refractivity contribution in [3.8, 4) is 0 Å². The number of hydrogen-bond acceptors (Lipinski definition) is 1. The molecule has 1 nitrogen and oxygen atoms in total. The lowest BCUT2D eigenvalue weighted by Crippen LogP contribution is -2.33. The van der Waals surface area contributed by atoms with Crippen LogP contribution in [-0.2, 0) is 0 Å². The minimum atomic E-state index is 0.442. The van der Waals surface area contributed by atoms with Gasteiger partial charge in [-0.1, -0.05) is 59.8 Å². The fourth-order valence-corrected chi connectivity index (χ4v) is 3.69. The van der Waals surface area contributed by atoms with E-state index in [1.54, 1.807) is 0 Å². The Morgan fingerprint density at radius 2 is 1.19 bits per heavy atom. The van der Waals surface area contributed by atoms with Gasteiger partial charge >= 0.3 is 0 Å². The Labute approximate surface area is 134 Å². The van der Waals surface area contributed by atoms with Crippen LogP contribution in [0.3, 0.4) is 0 Å². The van der Waals surface area contributed by atoms with Crippen LogP contribution in [0.5, 0.6) is 0 Å². The molecule has 1 heteroatoms. The molecule has 0 radical (unpaired) electrons. The highest BCUT2D eigenvalue weighted by Crippen LogP contribution is 2.46. The summed E-state index contributed by atoms with van der Waals surface area (Å²) < 4.78 is 0. The predicted octanol–water partition coefficient (Wildman–Crippen LogP) is 6.27. The van der Waals surface area contributed by atoms with Crippen LogP contribution >= 0.6 is 0 Å². The molecule has 1 rings (SSSR count). The molecule has 0 N–H and O–H groups in total. The van der Waals surface area contributed by atoms with Gasteiger partial charge in [-0.2, -0.15) is 0 Å². The second kappa shape index (κ2) is 8.56. The summed E-state index contributed by atoms with van der Waals surface area (Å²) in [4.78, 5) is 2.70. The molecule has 0 bridgehead atoms. The molecule has 0 aromatic heterocycles. The zero-order chi connectivity index (χ0) is 15.9. The van der Waals surface area contributed by atoms with Gasteiger partial charge in [-0.15, -0.1) is 0 Å². The third-order valence-electron chi connectivity index (χ3n) is 6.14. The molecule has 126 valence electrons. The van der Waals surface area contributed by atoms with E-state index in [0.717, 1.165) is 6.04 Å². The van der Waals surface area contributed by atoms with Crippen molar-refractivity contribution in [1.29, 1.82) is 0 Å². The van der Waals surface area contributed by atoms with Gasteiger partial charge in [0.1, 0.15) is 0 Å². The molecule has 0 aromatic carbocycles. The Hall–Kier alpha value is -0.0400.